The SMILES string of the molecule is O=[N+]([O-])c1ccc2nc(NCC3CN4CCN3CC4)ccc2c1. The molecular weight excluding hydrogens is 294 g/mol. The predicted octanol–water partition coefficient (Wildman–Crippen LogP) is 1.55. The molecule has 0 amide bonds. The molecule has 7 nitrogen and oxygen atoms in total. The van der Waals surface area contributed by atoms with Crippen LogP contribution in [0.3, 0.4) is 0 Å². The van der Waals surface area contributed by atoms with E-state index in [4.69, 9.17) is 0 Å². The van der Waals surface area contributed by atoms with E-state index in [0.717, 1.165) is 42.9 Å². The van der Waals surface area contributed by atoms with E-state index in [-0.39, 0.29) is 10.6 Å². The number of fused-ring (bicyclic) bond motifs is 4. The molecule has 23 heavy (non-hydrogen) atoms. The van der Waals surface area contributed by atoms with Gasteiger partial charge in [-0.3, -0.25) is 19.9 Å². The van der Waals surface area contributed by atoms with Crippen molar-refractivity contribution in [2.75, 3.05) is 44.6 Å². The average Bonchev–Trinajstić information content (AvgIpc) is 2.60. The van der Waals surface area contributed by atoms with Crippen molar-refractivity contribution in [3.63, 3.8) is 0 Å². The number of hydrogen-bond acceptors (Lipinski definition) is 6. The highest BCUT2D eigenvalue weighted by Crippen LogP contribution is 2.21. The minimum absolute atomic E-state index is 0.0973. The fraction of sp³-hybridized carbons (Fsp3) is 0.438. The van der Waals surface area contributed by atoms with Crippen molar-refractivity contribution in [1.29, 1.82) is 0 Å². The first-order chi connectivity index (χ1) is 11.2. The second-order valence-electron chi connectivity index (χ2n) is 6.20. The van der Waals surface area contributed by atoms with Crippen LogP contribution in [0.2, 0.25) is 0 Å². The third-order valence-corrected chi connectivity index (χ3v) is 4.79. The van der Waals surface area contributed by atoms with Crippen molar-refractivity contribution >= 4 is 22.4 Å². The summed E-state index contributed by atoms with van der Waals surface area (Å²) in [5.74, 6) is 0.823. The standard InChI is InChI=1S/C16H19N5O2/c22-21(23)13-2-3-15-12(9-13)1-4-16(18-15)17-10-14-11-19-5-7-20(14)8-6-19/h1-4,9,14H,5-8,10-11H2,(H,17,18). The zero-order valence-electron chi connectivity index (χ0n) is 12.8. The first-order valence-corrected chi connectivity index (χ1v) is 7.94. The summed E-state index contributed by atoms with van der Waals surface area (Å²) in [4.78, 5) is 20.0. The van der Waals surface area contributed by atoms with Crippen LogP contribution in [0.25, 0.3) is 10.9 Å². The van der Waals surface area contributed by atoms with Crippen LogP contribution in [0.4, 0.5) is 11.5 Å². The van der Waals surface area contributed by atoms with E-state index in [1.807, 2.05) is 12.1 Å². The van der Waals surface area contributed by atoms with Crippen LogP contribution >= 0.6 is 0 Å². The van der Waals surface area contributed by atoms with E-state index in [1.54, 1.807) is 12.1 Å². The zero-order valence-corrected chi connectivity index (χ0v) is 12.8. The van der Waals surface area contributed by atoms with Gasteiger partial charge >= 0.3 is 0 Å². The molecule has 1 N–H and O–H groups in total. The van der Waals surface area contributed by atoms with Gasteiger partial charge in [-0.1, -0.05) is 0 Å². The van der Waals surface area contributed by atoms with Crippen molar-refractivity contribution in [3.8, 4) is 0 Å². The highest BCUT2D eigenvalue weighted by molar-refractivity contribution is 5.82. The Balaban J connectivity index is 1.47. The summed E-state index contributed by atoms with van der Waals surface area (Å²) in [6.07, 6.45) is 0. The molecule has 1 aromatic carbocycles. The second-order valence-corrected chi connectivity index (χ2v) is 6.20. The molecule has 0 aliphatic carbocycles. The number of non-ortho nitro benzene ring substituents is 1. The van der Waals surface area contributed by atoms with Gasteiger partial charge < -0.3 is 5.32 Å². The number of nitro groups is 1. The van der Waals surface area contributed by atoms with Gasteiger partial charge in [-0.05, 0) is 18.2 Å². The van der Waals surface area contributed by atoms with Crippen LogP contribution in [0.15, 0.2) is 30.3 Å². The van der Waals surface area contributed by atoms with Crippen molar-refractivity contribution < 1.29 is 4.92 Å². The van der Waals surface area contributed by atoms with E-state index in [1.165, 1.54) is 19.2 Å². The van der Waals surface area contributed by atoms with Crippen LogP contribution < -0.4 is 5.32 Å². The number of nitro benzene ring substituents is 1. The number of aromatic nitrogens is 1. The smallest absolute Gasteiger partial charge is 0.270 e. The summed E-state index contributed by atoms with van der Waals surface area (Å²) in [7, 11) is 0. The minimum Gasteiger partial charge on any atom is -0.368 e. The molecule has 3 fully saturated rings. The number of nitrogens with one attached hydrogen (secondary N) is 1. The van der Waals surface area contributed by atoms with Gasteiger partial charge in [-0.25, -0.2) is 4.98 Å². The quantitative estimate of drug-likeness (QED) is 0.682. The Labute approximate surface area is 134 Å². The Hall–Kier alpha value is -2.25. The second kappa shape index (κ2) is 5.75. The highest BCUT2D eigenvalue weighted by Gasteiger charge is 2.31. The van der Waals surface area contributed by atoms with Crippen molar-refractivity contribution in [1.82, 2.24) is 14.8 Å². The maximum atomic E-state index is 10.8. The molecule has 0 saturated carbocycles. The van der Waals surface area contributed by atoms with E-state index in [9.17, 15) is 10.1 Å². The third kappa shape index (κ3) is 2.85. The van der Waals surface area contributed by atoms with Gasteiger partial charge in [0.25, 0.3) is 5.69 Å². The molecule has 1 atom stereocenters. The Kier molecular flexibility index (Phi) is 3.59. The number of nitrogens with zero attached hydrogens (tertiary/aromatic N) is 4. The van der Waals surface area contributed by atoms with Gasteiger partial charge in [-0.2, -0.15) is 0 Å². The fourth-order valence-corrected chi connectivity index (χ4v) is 3.47. The summed E-state index contributed by atoms with van der Waals surface area (Å²) in [6.45, 7) is 6.67. The first-order valence-electron chi connectivity index (χ1n) is 7.94. The number of hydrogen-bond donors (Lipinski definition) is 1. The van der Waals surface area contributed by atoms with Crippen molar-refractivity contribution in [3.05, 3.63) is 40.4 Å². The average molecular weight is 313 g/mol. The molecule has 1 unspecified atom stereocenters. The number of anilines is 1. The molecule has 7 heteroatoms. The van der Waals surface area contributed by atoms with Crippen LogP contribution in [0.5, 0.6) is 0 Å². The molecule has 3 aliphatic rings. The largest absolute Gasteiger partial charge is 0.368 e. The van der Waals surface area contributed by atoms with Crippen LogP contribution in [-0.4, -0.2) is 65.0 Å². The number of pyridine rings is 1. The van der Waals surface area contributed by atoms with E-state index in [2.05, 4.69) is 20.1 Å². The normalized spacial score (nSPS) is 26.3. The summed E-state index contributed by atoms with van der Waals surface area (Å²) < 4.78 is 0. The maximum Gasteiger partial charge on any atom is 0.270 e. The summed E-state index contributed by atoms with van der Waals surface area (Å²) >= 11 is 0. The van der Waals surface area contributed by atoms with Crippen molar-refractivity contribution in [2.45, 2.75) is 6.04 Å². The lowest BCUT2D eigenvalue weighted by atomic mass is 10.1. The number of rotatable bonds is 4. The molecule has 5 rings (SSSR count). The summed E-state index contributed by atoms with van der Waals surface area (Å²) in [5, 5.41) is 15.0. The lowest BCUT2D eigenvalue weighted by Crippen LogP contribution is -2.62. The maximum absolute atomic E-state index is 10.8. The van der Waals surface area contributed by atoms with Gasteiger partial charge in [0.15, 0.2) is 0 Å². The molecule has 2 bridgehead atoms. The zero-order chi connectivity index (χ0) is 15.8. The lowest BCUT2D eigenvalue weighted by Gasteiger charge is -2.47. The Bertz CT molecular complexity index is 742. The van der Waals surface area contributed by atoms with Crippen LogP contribution in [-0.2, 0) is 0 Å². The monoisotopic (exact) mass is 313 g/mol. The Morgan fingerprint density at radius 2 is 2.04 bits per heavy atom. The third-order valence-electron chi connectivity index (χ3n) is 4.79. The molecule has 0 spiro atoms. The minimum atomic E-state index is -0.381. The first kappa shape index (κ1) is 14.3. The van der Waals surface area contributed by atoms with Gasteiger partial charge in [0, 0.05) is 62.8 Å². The van der Waals surface area contributed by atoms with Gasteiger partial charge in [0.05, 0.1) is 10.4 Å². The molecule has 3 saturated heterocycles. The Morgan fingerprint density at radius 3 is 2.74 bits per heavy atom. The topological polar surface area (TPSA) is 74.5 Å². The molecule has 0 radical (unpaired) electrons. The molecule has 120 valence electrons. The molecular formula is C16H19N5O2. The summed E-state index contributed by atoms with van der Waals surface area (Å²) in [6, 6.07) is 9.07. The Morgan fingerprint density at radius 1 is 1.22 bits per heavy atom. The predicted molar refractivity (Wildman–Crippen MR) is 88.7 cm³/mol. The molecule has 2 aromatic rings. The van der Waals surface area contributed by atoms with E-state index < -0.39 is 0 Å². The summed E-state index contributed by atoms with van der Waals surface area (Å²) in [5.41, 5.74) is 0.870. The number of benzene rings is 1. The van der Waals surface area contributed by atoms with Crippen LogP contribution in [0.1, 0.15) is 0 Å². The van der Waals surface area contributed by atoms with Gasteiger partial charge in [-0.15, -0.1) is 0 Å². The molecule has 3 aliphatic heterocycles. The highest BCUT2D eigenvalue weighted by atomic mass is 16.6. The van der Waals surface area contributed by atoms with Crippen LogP contribution in [0, 0.1) is 10.1 Å². The fourth-order valence-electron chi connectivity index (χ4n) is 3.47. The number of piperazine rings is 3. The van der Waals surface area contributed by atoms with E-state index >= 15 is 0 Å². The van der Waals surface area contributed by atoms with Crippen molar-refractivity contribution in [2.24, 2.45) is 0 Å². The van der Waals surface area contributed by atoms with E-state index in [0.29, 0.717) is 6.04 Å². The molecule has 4 heterocycles. The van der Waals surface area contributed by atoms with Gasteiger partial charge in [0.2, 0.25) is 0 Å². The lowest BCUT2D eigenvalue weighted by molar-refractivity contribution is -0.384. The molecule has 1 aromatic heterocycles. The van der Waals surface area contributed by atoms with Gasteiger partial charge in [0.1, 0.15) is 5.82 Å².